The van der Waals surface area contributed by atoms with Crippen molar-refractivity contribution in [1.29, 1.82) is 0 Å². The van der Waals surface area contributed by atoms with Crippen molar-refractivity contribution in [3.05, 3.63) is 77.4 Å². The van der Waals surface area contributed by atoms with E-state index in [1.54, 1.807) is 36.7 Å². The number of rotatable bonds is 3. The summed E-state index contributed by atoms with van der Waals surface area (Å²) in [7, 11) is 0. The number of nitrogens with one attached hydrogen (secondary N) is 1. The van der Waals surface area contributed by atoms with E-state index in [2.05, 4.69) is 27.2 Å². The van der Waals surface area contributed by atoms with Gasteiger partial charge in [0.15, 0.2) is 0 Å². The predicted octanol–water partition coefficient (Wildman–Crippen LogP) is 3.63. The quantitative estimate of drug-likeness (QED) is 0.732. The van der Waals surface area contributed by atoms with Gasteiger partial charge in [0.25, 0.3) is 5.91 Å². The van der Waals surface area contributed by atoms with E-state index in [4.69, 9.17) is 0 Å². The summed E-state index contributed by atoms with van der Waals surface area (Å²) >= 11 is 0. The van der Waals surface area contributed by atoms with Gasteiger partial charge in [-0.2, -0.15) is 13.9 Å². The molecule has 0 fully saturated rings. The summed E-state index contributed by atoms with van der Waals surface area (Å²) in [5.41, 5.74) is 2.95. The van der Waals surface area contributed by atoms with Crippen molar-refractivity contribution in [2.24, 2.45) is 0 Å². The van der Waals surface area contributed by atoms with Crippen LogP contribution in [0.4, 0.5) is 14.5 Å². The highest BCUT2D eigenvalue weighted by Gasteiger charge is 2.11. The number of nitrogens with zero attached hydrogens (tertiary/aromatic N) is 3. The summed E-state index contributed by atoms with van der Waals surface area (Å²) in [5, 5.41) is 6.02. The van der Waals surface area contributed by atoms with E-state index in [1.165, 1.54) is 6.20 Å². The van der Waals surface area contributed by atoms with Crippen molar-refractivity contribution in [2.45, 2.75) is 13.5 Å². The van der Waals surface area contributed by atoms with Crippen molar-refractivity contribution in [2.75, 3.05) is 5.32 Å². The number of carbonyl (C=O) groups excluding carboxylic acids is 1. The smallest absolute Gasteiger partial charge is 0.319 e. The summed E-state index contributed by atoms with van der Waals surface area (Å²) in [4.78, 5) is 16.3. The van der Waals surface area contributed by atoms with Crippen LogP contribution in [-0.2, 0) is 0 Å². The lowest BCUT2D eigenvalue weighted by atomic mass is 10.0. The van der Waals surface area contributed by atoms with Crippen molar-refractivity contribution >= 4 is 11.6 Å². The van der Waals surface area contributed by atoms with E-state index in [-0.39, 0.29) is 5.69 Å². The average molecular weight is 352 g/mol. The zero-order valence-corrected chi connectivity index (χ0v) is 13.8. The number of halogens is 2. The van der Waals surface area contributed by atoms with Crippen LogP contribution in [0.3, 0.4) is 0 Å². The second-order valence-electron chi connectivity index (χ2n) is 5.46. The van der Waals surface area contributed by atoms with Crippen LogP contribution >= 0.6 is 0 Å². The third-order valence-corrected chi connectivity index (χ3v) is 3.56. The highest BCUT2D eigenvalue weighted by molar-refractivity contribution is 6.04. The van der Waals surface area contributed by atoms with Crippen LogP contribution in [0.15, 0.2) is 55.1 Å². The first-order valence-corrected chi connectivity index (χ1v) is 7.69. The Morgan fingerprint density at radius 2 is 2.08 bits per heavy atom. The molecule has 1 N–H and O–H groups in total. The van der Waals surface area contributed by atoms with Crippen LogP contribution in [-0.4, -0.2) is 20.7 Å². The maximum Gasteiger partial charge on any atom is 0.333 e. The molecule has 0 saturated heterocycles. The van der Waals surface area contributed by atoms with Gasteiger partial charge in [0.2, 0.25) is 0 Å². The molecule has 2 aromatic heterocycles. The van der Waals surface area contributed by atoms with Crippen molar-refractivity contribution in [3.63, 3.8) is 0 Å². The summed E-state index contributed by atoms with van der Waals surface area (Å²) in [6.45, 7) is -0.865. The first kappa shape index (κ1) is 17.3. The van der Waals surface area contributed by atoms with Gasteiger partial charge in [-0.05, 0) is 36.8 Å². The lowest BCUT2D eigenvalue weighted by molar-refractivity contribution is 0.0566. The molecule has 0 bridgehead atoms. The molecule has 3 rings (SSSR count). The lowest BCUT2D eigenvalue weighted by Gasteiger charge is -2.05. The highest BCUT2D eigenvalue weighted by Crippen LogP contribution is 2.15. The fourth-order valence-corrected chi connectivity index (χ4v) is 2.19. The molecule has 1 amide bonds. The molecule has 0 saturated carbocycles. The molecule has 0 unspecified atom stereocenters. The van der Waals surface area contributed by atoms with Gasteiger partial charge >= 0.3 is 6.55 Å². The number of amides is 1. The molecule has 7 heteroatoms. The van der Waals surface area contributed by atoms with Gasteiger partial charge in [0.05, 0.1) is 18.1 Å². The van der Waals surface area contributed by atoms with Gasteiger partial charge in [-0.15, -0.1) is 0 Å². The molecule has 0 spiro atoms. The Morgan fingerprint density at radius 1 is 1.23 bits per heavy atom. The van der Waals surface area contributed by atoms with Gasteiger partial charge in [-0.1, -0.05) is 17.9 Å². The standard InChI is InChI=1S/C19H14F2N4O/c1-13-4-6-16(9-15(13)7-5-14-3-2-8-22-10-14)18(26)24-17-11-23-25(12-17)19(20)21/h2-4,6,8-12,19H,1H3,(H,24,26). The largest absolute Gasteiger partial charge is 0.333 e. The third kappa shape index (κ3) is 4.11. The van der Waals surface area contributed by atoms with Crippen molar-refractivity contribution < 1.29 is 13.6 Å². The molecule has 5 nitrogen and oxygen atoms in total. The number of pyridine rings is 1. The van der Waals surface area contributed by atoms with E-state index in [9.17, 15) is 13.6 Å². The Hall–Kier alpha value is -3.53. The number of anilines is 1. The van der Waals surface area contributed by atoms with Gasteiger partial charge in [-0.25, -0.2) is 4.68 Å². The number of benzene rings is 1. The zero-order valence-electron chi connectivity index (χ0n) is 13.8. The minimum absolute atomic E-state index is 0.193. The maximum absolute atomic E-state index is 12.5. The normalized spacial score (nSPS) is 10.3. The van der Waals surface area contributed by atoms with E-state index in [0.29, 0.717) is 15.8 Å². The number of hydrogen-bond acceptors (Lipinski definition) is 3. The molecule has 130 valence electrons. The molecule has 0 aliphatic heterocycles. The Balaban J connectivity index is 1.80. The van der Waals surface area contributed by atoms with Crippen LogP contribution in [0.25, 0.3) is 0 Å². The van der Waals surface area contributed by atoms with E-state index in [1.807, 2.05) is 13.0 Å². The number of aromatic nitrogens is 3. The Labute approximate surface area is 148 Å². The molecule has 26 heavy (non-hydrogen) atoms. The molecular weight excluding hydrogens is 338 g/mol. The summed E-state index contributed by atoms with van der Waals surface area (Å²) in [5.74, 6) is 5.59. The van der Waals surface area contributed by atoms with Gasteiger partial charge < -0.3 is 5.32 Å². The average Bonchev–Trinajstić information content (AvgIpc) is 3.10. The number of aryl methyl sites for hydroxylation is 1. The Kier molecular flexibility index (Phi) is 5.04. The van der Waals surface area contributed by atoms with Crippen LogP contribution in [0, 0.1) is 18.8 Å². The van der Waals surface area contributed by atoms with Gasteiger partial charge in [-0.3, -0.25) is 9.78 Å². The fraction of sp³-hybridized carbons (Fsp3) is 0.105. The summed E-state index contributed by atoms with van der Waals surface area (Å²) in [6, 6.07) is 8.72. The number of alkyl halides is 2. The van der Waals surface area contributed by atoms with Crippen LogP contribution in [0.2, 0.25) is 0 Å². The first-order valence-electron chi connectivity index (χ1n) is 7.69. The topological polar surface area (TPSA) is 59.8 Å². The minimum atomic E-state index is -2.76. The Bertz CT molecular complexity index is 988. The second-order valence-corrected chi connectivity index (χ2v) is 5.46. The van der Waals surface area contributed by atoms with Crippen LogP contribution in [0.5, 0.6) is 0 Å². The maximum atomic E-state index is 12.5. The first-order chi connectivity index (χ1) is 12.5. The van der Waals surface area contributed by atoms with E-state index < -0.39 is 12.5 Å². The monoisotopic (exact) mass is 352 g/mol. The fourth-order valence-electron chi connectivity index (χ4n) is 2.19. The molecule has 3 aromatic rings. The molecule has 0 radical (unpaired) electrons. The Morgan fingerprint density at radius 3 is 2.77 bits per heavy atom. The molecule has 0 aliphatic carbocycles. The second kappa shape index (κ2) is 7.57. The predicted molar refractivity (Wildman–Crippen MR) is 92.8 cm³/mol. The summed E-state index contributed by atoms with van der Waals surface area (Å²) < 4.78 is 25.5. The molecular formula is C19H14F2N4O. The minimum Gasteiger partial charge on any atom is -0.319 e. The van der Waals surface area contributed by atoms with Crippen LogP contribution < -0.4 is 5.32 Å². The van der Waals surface area contributed by atoms with Crippen molar-refractivity contribution in [1.82, 2.24) is 14.8 Å². The molecule has 0 atom stereocenters. The van der Waals surface area contributed by atoms with Crippen LogP contribution in [0.1, 0.15) is 33.6 Å². The van der Waals surface area contributed by atoms with E-state index in [0.717, 1.165) is 17.3 Å². The summed E-state index contributed by atoms with van der Waals surface area (Å²) in [6.07, 6.45) is 5.55. The molecule has 2 heterocycles. The lowest BCUT2D eigenvalue weighted by Crippen LogP contribution is -2.11. The SMILES string of the molecule is Cc1ccc(C(=O)Nc2cnn(C(F)F)c2)cc1C#Cc1cccnc1. The molecule has 0 aliphatic rings. The van der Waals surface area contributed by atoms with Gasteiger partial charge in [0, 0.05) is 29.1 Å². The third-order valence-electron chi connectivity index (χ3n) is 3.56. The number of hydrogen-bond donors (Lipinski definition) is 1. The van der Waals surface area contributed by atoms with Crippen molar-refractivity contribution in [3.8, 4) is 11.8 Å². The molecule has 1 aromatic carbocycles. The zero-order chi connectivity index (χ0) is 18.5. The number of carbonyl (C=O) groups is 1. The van der Waals surface area contributed by atoms with E-state index >= 15 is 0 Å². The highest BCUT2D eigenvalue weighted by atomic mass is 19.3. The van der Waals surface area contributed by atoms with Gasteiger partial charge in [0.1, 0.15) is 0 Å².